The van der Waals surface area contributed by atoms with Crippen LogP contribution in [-0.4, -0.2) is 28.3 Å². The molecule has 0 saturated carbocycles. The first-order valence-electron chi connectivity index (χ1n) is 5.13. The normalized spacial score (nSPS) is 25.8. The van der Waals surface area contributed by atoms with Crippen LogP contribution in [0.1, 0.15) is 26.7 Å². The van der Waals surface area contributed by atoms with Crippen molar-refractivity contribution in [2.45, 2.75) is 38.0 Å². The van der Waals surface area contributed by atoms with E-state index in [1.807, 2.05) is 0 Å². The fourth-order valence-electron chi connectivity index (χ4n) is 1.38. The molecule has 1 N–H and O–H groups in total. The Morgan fingerprint density at radius 3 is 2.86 bits per heavy atom. The van der Waals surface area contributed by atoms with Crippen LogP contribution in [-0.2, 0) is 4.79 Å². The molecule has 14 heavy (non-hydrogen) atoms. The molecule has 0 radical (unpaired) electrons. The number of carbonyl (C=O) groups excluding carboxylic acids is 1. The van der Waals surface area contributed by atoms with Crippen LogP contribution in [0.5, 0.6) is 0 Å². The predicted molar refractivity (Wildman–Crippen MR) is 66.0 cm³/mol. The van der Waals surface area contributed by atoms with Crippen molar-refractivity contribution in [2.75, 3.05) is 11.1 Å². The molecule has 3 atom stereocenters. The van der Waals surface area contributed by atoms with Gasteiger partial charge < -0.3 is 5.32 Å². The van der Waals surface area contributed by atoms with Crippen LogP contribution in [0.2, 0.25) is 0 Å². The first-order valence-corrected chi connectivity index (χ1v) is 7.30. The summed E-state index contributed by atoms with van der Waals surface area (Å²) < 4.78 is 0. The highest BCUT2D eigenvalue weighted by molar-refractivity contribution is 9.09. The van der Waals surface area contributed by atoms with E-state index >= 15 is 0 Å². The van der Waals surface area contributed by atoms with Crippen molar-refractivity contribution in [3.05, 3.63) is 0 Å². The van der Waals surface area contributed by atoms with Gasteiger partial charge in [0.2, 0.25) is 5.91 Å². The maximum absolute atomic E-state index is 11.7. The summed E-state index contributed by atoms with van der Waals surface area (Å²) in [6.07, 6.45) is 2.23. The highest BCUT2D eigenvalue weighted by Crippen LogP contribution is 2.26. The standard InChI is InChI=1S/C10H18BrNOS/c1-7(6-11)8(2)12-10(13)9-4-3-5-14-9/h7-9H,3-6H2,1-2H3,(H,12,13). The molecule has 1 rings (SSSR count). The molecule has 1 saturated heterocycles. The second-order valence-corrected chi connectivity index (χ2v) is 5.89. The number of amides is 1. The van der Waals surface area contributed by atoms with Crippen molar-refractivity contribution in [1.29, 1.82) is 0 Å². The fraction of sp³-hybridized carbons (Fsp3) is 0.900. The maximum atomic E-state index is 11.7. The highest BCUT2D eigenvalue weighted by Gasteiger charge is 2.25. The quantitative estimate of drug-likeness (QED) is 0.801. The largest absolute Gasteiger partial charge is 0.352 e. The van der Waals surface area contributed by atoms with Crippen molar-refractivity contribution in [3.63, 3.8) is 0 Å². The third kappa shape index (κ3) is 3.46. The second-order valence-electron chi connectivity index (χ2n) is 3.93. The summed E-state index contributed by atoms with van der Waals surface area (Å²) in [4.78, 5) is 11.7. The molecule has 1 fully saturated rings. The lowest BCUT2D eigenvalue weighted by atomic mass is 10.1. The van der Waals surface area contributed by atoms with E-state index in [4.69, 9.17) is 0 Å². The molecule has 1 aliphatic rings. The lowest BCUT2D eigenvalue weighted by molar-refractivity contribution is -0.121. The minimum Gasteiger partial charge on any atom is -0.352 e. The van der Waals surface area contributed by atoms with E-state index in [2.05, 4.69) is 35.1 Å². The number of alkyl halides is 1. The van der Waals surface area contributed by atoms with Crippen molar-refractivity contribution >= 4 is 33.6 Å². The van der Waals surface area contributed by atoms with Crippen molar-refractivity contribution in [1.82, 2.24) is 5.32 Å². The van der Waals surface area contributed by atoms with E-state index < -0.39 is 0 Å². The molecule has 1 aliphatic heterocycles. The summed E-state index contributed by atoms with van der Waals surface area (Å²) in [6, 6.07) is 0.267. The molecule has 2 nitrogen and oxygen atoms in total. The maximum Gasteiger partial charge on any atom is 0.233 e. The number of hydrogen-bond donors (Lipinski definition) is 1. The number of halogens is 1. The van der Waals surface area contributed by atoms with Gasteiger partial charge >= 0.3 is 0 Å². The lowest BCUT2D eigenvalue weighted by Gasteiger charge is -2.21. The van der Waals surface area contributed by atoms with Gasteiger partial charge in [-0.05, 0) is 31.4 Å². The van der Waals surface area contributed by atoms with E-state index in [0.717, 1.165) is 17.5 Å². The fourth-order valence-corrected chi connectivity index (χ4v) is 3.11. The summed E-state index contributed by atoms with van der Waals surface area (Å²) in [6.45, 7) is 4.21. The molecule has 1 heterocycles. The zero-order valence-electron chi connectivity index (χ0n) is 8.75. The Bertz CT molecular complexity index is 195. The third-order valence-electron chi connectivity index (χ3n) is 2.69. The number of rotatable bonds is 4. The van der Waals surface area contributed by atoms with Gasteiger partial charge in [-0.25, -0.2) is 0 Å². The van der Waals surface area contributed by atoms with E-state index in [0.29, 0.717) is 5.92 Å². The van der Waals surface area contributed by atoms with Crippen LogP contribution in [0.15, 0.2) is 0 Å². The van der Waals surface area contributed by atoms with Gasteiger partial charge in [-0.2, -0.15) is 0 Å². The second kappa shape index (κ2) is 6.01. The molecular weight excluding hydrogens is 262 g/mol. The molecule has 0 aromatic heterocycles. The Kier molecular flexibility index (Phi) is 5.31. The highest BCUT2D eigenvalue weighted by atomic mass is 79.9. The monoisotopic (exact) mass is 279 g/mol. The summed E-state index contributed by atoms with van der Waals surface area (Å²) in [5.74, 6) is 1.86. The number of hydrogen-bond acceptors (Lipinski definition) is 2. The average Bonchev–Trinajstić information content (AvgIpc) is 2.69. The summed E-state index contributed by atoms with van der Waals surface area (Å²) in [5.41, 5.74) is 0. The van der Waals surface area contributed by atoms with Crippen molar-refractivity contribution in [3.8, 4) is 0 Å². The van der Waals surface area contributed by atoms with Crippen LogP contribution in [0.25, 0.3) is 0 Å². The Labute approximate surface area is 98.7 Å². The van der Waals surface area contributed by atoms with Gasteiger partial charge in [0.1, 0.15) is 0 Å². The van der Waals surface area contributed by atoms with Crippen molar-refractivity contribution < 1.29 is 4.79 Å². The van der Waals surface area contributed by atoms with Gasteiger partial charge in [0.05, 0.1) is 5.25 Å². The Morgan fingerprint density at radius 1 is 1.64 bits per heavy atom. The zero-order valence-corrected chi connectivity index (χ0v) is 11.2. The van der Waals surface area contributed by atoms with Crippen LogP contribution in [0.4, 0.5) is 0 Å². The van der Waals surface area contributed by atoms with Gasteiger partial charge in [-0.15, -0.1) is 11.8 Å². The number of nitrogens with one attached hydrogen (secondary N) is 1. The molecule has 1 amide bonds. The molecule has 3 unspecified atom stereocenters. The third-order valence-corrected chi connectivity index (χ3v) is 5.09. The molecule has 0 aromatic carbocycles. The molecule has 0 aromatic rings. The van der Waals surface area contributed by atoms with Crippen molar-refractivity contribution in [2.24, 2.45) is 5.92 Å². The smallest absolute Gasteiger partial charge is 0.233 e. The summed E-state index contributed by atoms with van der Waals surface area (Å²) in [5, 5.41) is 4.23. The van der Waals surface area contributed by atoms with E-state index in [9.17, 15) is 4.79 Å². The predicted octanol–water partition coefficient (Wildman–Crippen LogP) is 2.42. The molecule has 0 bridgehead atoms. The number of carbonyl (C=O) groups is 1. The van der Waals surface area contributed by atoms with E-state index in [1.165, 1.54) is 6.42 Å². The van der Waals surface area contributed by atoms with Gasteiger partial charge in [-0.3, -0.25) is 4.79 Å². The van der Waals surface area contributed by atoms with Crippen LogP contribution < -0.4 is 5.32 Å². The van der Waals surface area contributed by atoms with Gasteiger partial charge in [-0.1, -0.05) is 22.9 Å². The first-order chi connectivity index (χ1) is 6.65. The Hall–Kier alpha value is 0.300. The van der Waals surface area contributed by atoms with Gasteiger partial charge in [0, 0.05) is 11.4 Å². The van der Waals surface area contributed by atoms with Crippen LogP contribution in [0.3, 0.4) is 0 Å². The van der Waals surface area contributed by atoms with Crippen LogP contribution >= 0.6 is 27.7 Å². The Morgan fingerprint density at radius 2 is 2.36 bits per heavy atom. The van der Waals surface area contributed by atoms with Crippen LogP contribution in [0, 0.1) is 5.92 Å². The minimum atomic E-state index is 0.208. The van der Waals surface area contributed by atoms with E-state index in [1.54, 1.807) is 11.8 Å². The Balaban J connectivity index is 2.31. The minimum absolute atomic E-state index is 0.208. The summed E-state index contributed by atoms with van der Waals surface area (Å²) >= 11 is 5.22. The zero-order chi connectivity index (χ0) is 10.6. The molecule has 0 spiro atoms. The topological polar surface area (TPSA) is 29.1 Å². The number of thioether (sulfide) groups is 1. The summed E-state index contributed by atoms with van der Waals surface area (Å²) in [7, 11) is 0. The molecular formula is C10H18BrNOS. The van der Waals surface area contributed by atoms with E-state index in [-0.39, 0.29) is 17.2 Å². The molecule has 82 valence electrons. The first kappa shape index (κ1) is 12.4. The molecule has 0 aliphatic carbocycles. The lowest BCUT2D eigenvalue weighted by Crippen LogP contribution is -2.41. The molecule has 4 heteroatoms. The van der Waals surface area contributed by atoms with Gasteiger partial charge in [0.25, 0.3) is 0 Å². The average molecular weight is 280 g/mol. The van der Waals surface area contributed by atoms with Gasteiger partial charge in [0.15, 0.2) is 0 Å². The SMILES string of the molecule is CC(CBr)C(C)NC(=O)C1CCCS1.